The molecule has 0 aromatic heterocycles. The molecular formula is C11H20N2O4. The van der Waals surface area contributed by atoms with Gasteiger partial charge in [-0.15, -0.1) is 0 Å². The van der Waals surface area contributed by atoms with Crippen LogP contribution >= 0.6 is 0 Å². The second-order valence-electron chi connectivity index (χ2n) is 4.47. The highest BCUT2D eigenvalue weighted by molar-refractivity contribution is 5.80. The predicted octanol–water partition coefficient (Wildman–Crippen LogP) is 0.575. The first kappa shape index (κ1) is 13.8. The second-order valence-corrected chi connectivity index (χ2v) is 4.47. The van der Waals surface area contributed by atoms with E-state index in [-0.39, 0.29) is 18.6 Å². The number of carbonyl (C=O) groups is 2. The zero-order valence-corrected chi connectivity index (χ0v) is 10.3. The van der Waals surface area contributed by atoms with Crippen LogP contribution in [0.15, 0.2) is 0 Å². The van der Waals surface area contributed by atoms with Crippen LogP contribution in [0.4, 0.5) is 4.79 Å². The Morgan fingerprint density at radius 2 is 2.12 bits per heavy atom. The number of carboxylic acids is 1. The van der Waals surface area contributed by atoms with E-state index in [4.69, 9.17) is 9.84 Å². The molecule has 0 aromatic carbocycles. The maximum atomic E-state index is 11.5. The quantitative estimate of drug-likeness (QED) is 0.611. The van der Waals surface area contributed by atoms with Crippen LogP contribution in [-0.2, 0) is 9.53 Å². The number of carbonyl (C=O) groups excluding carboxylic acids is 1. The number of amides is 2. The van der Waals surface area contributed by atoms with Gasteiger partial charge in [-0.05, 0) is 19.3 Å². The average Bonchev–Trinajstić information content (AvgIpc) is 3.07. The van der Waals surface area contributed by atoms with E-state index in [0.29, 0.717) is 19.4 Å². The number of carboxylic acid groups (broad SMARTS) is 1. The van der Waals surface area contributed by atoms with Gasteiger partial charge in [0.25, 0.3) is 0 Å². The van der Waals surface area contributed by atoms with E-state index in [1.54, 1.807) is 7.11 Å². The van der Waals surface area contributed by atoms with E-state index in [2.05, 4.69) is 10.6 Å². The van der Waals surface area contributed by atoms with Gasteiger partial charge in [-0.25, -0.2) is 4.79 Å². The molecule has 0 radical (unpaired) electrons. The van der Waals surface area contributed by atoms with Gasteiger partial charge < -0.3 is 20.5 Å². The third-order valence-electron chi connectivity index (χ3n) is 3.09. The SMILES string of the molecule is CCC(COC)NC(=O)NCC1(C(=O)O)CC1. The molecule has 0 bridgehead atoms. The van der Waals surface area contributed by atoms with Gasteiger partial charge in [0.1, 0.15) is 0 Å². The summed E-state index contributed by atoms with van der Waals surface area (Å²) in [5.74, 6) is -0.832. The van der Waals surface area contributed by atoms with Crippen molar-refractivity contribution in [1.82, 2.24) is 10.6 Å². The molecule has 1 fully saturated rings. The first-order valence-electron chi connectivity index (χ1n) is 5.81. The molecule has 6 nitrogen and oxygen atoms in total. The molecule has 0 aromatic rings. The molecule has 3 N–H and O–H groups in total. The average molecular weight is 244 g/mol. The van der Waals surface area contributed by atoms with Gasteiger partial charge in [-0.1, -0.05) is 6.92 Å². The van der Waals surface area contributed by atoms with Crippen LogP contribution in [0.25, 0.3) is 0 Å². The molecule has 1 aliphatic rings. The lowest BCUT2D eigenvalue weighted by Gasteiger charge is -2.17. The van der Waals surface area contributed by atoms with Gasteiger partial charge in [0.2, 0.25) is 0 Å². The van der Waals surface area contributed by atoms with Crippen LogP contribution in [0, 0.1) is 5.41 Å². The highest BCUT2D eigenvalue weighted by Crippen LogP contribution is 2.45. The Balaban J connectivity index is 2.28. The lowest BCUT2D eigenvalue weighted by atomic mass is 10.1. The Kier molecular flexibility index (Phi) is 4.74. The number of methoxy groups -OCH3 is 1. The van der Waals surface area contributed by atoms with Crippen LogP contribution in [0.5, 0.6) is 0 Å². The van der Waals surface area contributed by atoms with Crippen LogP contribution < -0.4 is 10.6 Å². The first-order valence-corrected chi connectivity index (χ1v) is 5.81. The zero-order chi connectivity index (χ0) is 12.9. The molecule has 0 heterocycles. The Bertz CT molecular complexity index is 289. The molecule has 1 aliphatic carbocycles. The number of hydrogen-bond acceptors (Lipinski definition) is 3. The number of nitrogens with one attached hydrogen (secondary N) is 2. The van der Waals surface area contributed by atoms with Gasteiger partial charge in [0, 0.05) is 13.7 Å². The standard InChI is InChI=1S/C11H20N2O4/c1-3-8(6-17-2)13-10(16)12-7-11(4-5-11)9(14)15/h8H,3-7H2,1-2H3,(H,14,15)(H2,12,13,16). The lowest BCUT2D eigenvalue weighted by molar-refractivity contribution is -0.143. The maximum Gasteiger partial charge on any atom is 0.315 e. The van der Waals surface area contributed by atoms with Crippen LogP contribution in [0.2, 0.25) is 0 Å². The largest absolute Gasteiger partial charge is 0.481 e. The molecule has 17 heavy (non-hydrogen) atoms. The van der Waals surface area contributed by atoms with Crippen molar-refractivity contribution in [3.8, 4) is 0 Å². The summed E-state index contributed by atoms with van der Waals surface area (Å²) < 4.78 is 4.96. The number of hydrogen-bond donors (Lipinski definition) is 3. The van der Waals surface area contributed by atoms with E-state index < -0.39 is 11.4 Å². The molecule has 2 amide bonds. The normalized spacial score (nSPS) is 18.2. The van der Waals surface area contributed by atoms with Gasteiger partial charge in [0.05, 0.1) is 18.1 Å². The monoisotopic (exact) mass is 244 g/mol. The molecule has 1 unspecified atom stereocenters. The summed E-state index contributed by atoms with van der Waals surface area (Å²) in [7, 11) is 1.58. The van der Waals surface area contributed by atoms with Crippen molar-refractivity contribution < 1.29 is 19.4 Å². The summed E-state index contributed by atoms with van der Waals surface area (Å²) in [4.78, 5) is 22.4. The first-order chi connectivity index (χ1) is 8.04. The summed E-state index contributed by atoms with van der Waals surface area (Å²) in [6.45, 7) is 2.59. The summed E-state index contributed by atoms with van der Waals surface area (Å²) in [6.07, 6.45) is 2.04. The highest BCUT2D eigenvalue weighted by atomic mass is 16.5. The van der Waals surface area contributed by atoms with E-state index >= 15 is 0 Å². The second kappa shape index (κ2) is 5.86. The van der Waals surface area contributed by atoms with Crippen molar-refractivity contribution in [2.24, 2.45) is 5.41 Å². The maximum absolute atomic E-state index is 11.5. The van der Waals surface area contributed by atoms with E-state index in [1.807, 2.05) is 6.92 Å². The summed E-state index contributed by atoms with van der Waals surface area (Å²) >= 11 is 0. The Morgan fingerprint density at radius 1 is 1.47 bits per heavy atom. The fourth-order valence-electron chi connectivity index (χ4n) is 1.57. The topological polar surface area (TPSA) is 87.7 Å². The van der Waals surface area contributed by atoms with Crippen molar-refractivity contribution in [3.05, 3.63) is 0 Å². The Morgan fingerprint density at radius 3 is 2.53 bits per heavy atom. The minimum absolute atomic E-state index is 0.0417. The molecule has 1 rings (SSSR count). The van der Waals surface area contributed by atoms with E-state index in [9.17, 15) is 9.59 Å². The highest BCUT2D eigenvalue weighted by Gasteiger charge is 2.50. The minimum atomic E-state index is -0.832. The molecule has 0 spiro atoms. The number of aliphatic carboxylic acids is 1. The third-order valence-corrected chi connectivity index (χ3v) is 3.09. The van der Waals surface area contributed by atoms with E-state index in [1.165, 1.54) is 0 Å². The molecule has 0 saturated heterocycles. The smallest absolute Gasteiger partial charge is 0.315 e. The Hall–Kier alpha value is -1.30. The van der Waals surface area contributed by atoms with Gasteiger partial charge in [-0.3, -0.25) is 4.79 Å². The van der Waals surface area contributed by atoms with Crippen molar-refractivity contribution in [2.45, 2.75) is 32.2 Å². The number of urea groups is 1. The molecule has 98 valence electrons. The molecular weight excluding hydrogens is 224 g/mol. The van der Waals surface area contributed by atoms with E-state index in [0.717, 1.165) is 6.42 Å². The number of rotatable bonds is 7. The fraction of sp³-hybridized carbons (Fsp3) is 0.818. The lowest BCUT2D eigenvalue weighted by Crippen LogP contribution is -2.46. The van der Waals surface area contributed by atoms with Crippen molar-refractivity contribution in [1.29, 1.82) is 0 Å². The molecule has 0 aliphatic heterocycles. The zero-order valence-electron chi connectivity index (χ0n) is 10.3. The molecule has 1 saturated carbocycles. The van der Waals surface area contributed by atoms with Gasteiger partial charge in [-0.2, -0.15) is 0 Å². The molecule has 1 atom stereocenters. The van der Waals surface area contributed by atoms with Crippen LogP contribution in [-0.4, -0.2) is 43.4 Å². The van der Waals surface area contributed by atoms with Crippen molar-refractivity contribution >= 4 is 12.0 Å². The summed E-state index contributed by atoms with van der Waals surface area (Å²) in [6, 6.07) is -0.374. The summed E-state index contributed by atoms with van der Waals surface area (Å²) in [5.41, 5.74) is -0.722. The third kappa shape index (κ3) is 3.89. The number of ether oxygens (including phenoxy) is 1. The summed E-state index contributed by atoms with van der Waals surface area (Å²) in [5, 5.41) is 14.3. The van der Waals surface area contributed by atoms with Crippen molar-refractivity contribution in [3.63, 3.8) is 0 Å². The van der Waals surface area contributed by atoms with Crippen LogP contribution in [0.3, 0.4) is 0 Å². The minimum Gasteiger partial charge on any atom is -0.481 e. The molecule has 6 heteroatoms. The fourth-order valence-corrected chi connectivity index (χ4v) is 1.57. The van der Waals surface area contributed by atoms with Gasteiger partial charge in [0.15, 0.2) is 0 Å². The Labute approximate surface area is 101 Å². The van der Waals surface area contributed by atoms with Crippen LogP contribution in [0.1, 0.15) is 26.2 Å². The van der Waals surface area contributed by atoms with Gasteiger partial charge >= 0.3 is 12.0 Å². The van der Waals surface area contributed by atoms with Crippen molar-refractivity contribution in [2.75, 3.05) is 20.3 Å². The predicted molar refractivity (Wildman–Crippen MR) is 61.8 cm³/mol.